The number of hydrogen-bond donors (Lipinski definition) is 1. The Bertz CT molecular complexity index is 1040. The minimum atomic E-state index is 0.692. The van der Waals surface area contributed by atoms with Gasteiger partial charge < -0.3 is 5.32 Å². The van der Waals surface area contributed by atoms with E-state index in [4.69, 9.17) is 0 Å². The molecule has 0 fully saturated rings. The minimum absolute atomic E-state index is 0.692. The number of nitrogens with one attached hydrogen (secondary N) is 1. The number of hydrogen-bond acceptors (Lipinski definition) is 4. The summed E-state index contributed by atoms with van der Waals surface area (Å²) in [4.78, 5) is 0. The van der Waals surface area contributed by atoms with Crippen molar-refractivity contribution in [2.45, 2.75) is 13.8 Å². The smallest absolute Gasteiger partial charge is 0.185 e. The van der Waals surface area contributed by atoms with Crippen LogP contribution in [0.3, 0.4) is 0 Å². The van der Waals surface area contributed by atoms with Crippen LogP contribution in [0.1, 0.15) is 11.4 Å². The molecule has 0 bridgehead atoms. The number of halogens is 1. The second kappa shape index (κ2) is 6.29. The Balaban J connectivity index is 1.80. The Kier molecular flexibility index (Phi) is 3.97. The Hall–Kier alpha value is -2.73. The van der Waals surface area contributed by atoms with Gasteiger partial charge in [0.1, 0.15) is 0 Å². The second-order valence-electron chi connectivity index (χ2n) is 5.83. The Morgan fingerprint density at radius 2 is 1.64 bits per heavy atom. The summed E-state index contributed by atoms with van der Waals surface area (Å²) in [5.74, 6) is 0.692. The third kappa shape index (κ3) is 2.89. The molecule has 5 nitrogen and oxygen atoms in total. The van der Waals surface area contributed by atoms with Gasteiger partial charge in [0.05, 0.1) is 17.0 Å². The summed E-state index contributed by atoms with van der Waals surface area (Å²) in [7, 11) is 0. The summed E-state index contributed by atoms with van der Waals surface area (Å²) in [6, 6.07) is 18.1. The van der Waals surface area contributed by atoms with Gasteiger partial charge >= 0.3 is 0 Å². The molecule has 0 amide bonds. The van der Waals surface area contributed by atoms with E-state index >= 15 is 0 Å². The van der Waals surface area contributed by atoms with Gasteiger partial charge in [-0.05, 0) is 43.7 Å². The molecule has 124 valence electrons. The maximum atomic E-state index is 4.67. The molecule has 0 aliphatic heterocycles. The van der Waals surface area contributed by atoms with E-state index in [1.165, 1.54) is 0 Å². The molecule has 0 aliphatic rings. The SMILES string of the molecule is Cc1nn2c(C)c(Nc3ccc(Br)cc3)nnc2c1-c1ccccc1. The molecule has 2 aromatic carbocycles. The Morgan fingerprint density at radius 1 is 0.920 bits per heavy atom. The molecule has 2 aromatic heterocycles. The molecular weight excluding hydrogens is 378 g/mol. The van der Waals surface area contributed by atoms with Crippen LogP contribution in [-0.4, -0.2) is 19.8 Å². The molecule has 6 heteroatoms. The molecule has 0 unspecified atom stereocenters. The van der Waals surface area contributed by atoms with E-state index in [1.54, 1.807) is 0 Å². The maximum Gasteiger partial charge on any atom is 0.185 e. The van der Waals surface area contributed by atoms with Crippen LogP contribution in [0.25, 0.3) is 16.8 Å². The quantitative estimate of drug-likeness (QED) is 0.536. The van der Waals surface area contributed by atoms with E-state index in [2.05, 4.69) is 48.7 Å². The maximum absolute atomic E-state index is 4.67. The standard InChI is InChI=1S/C19H16BrN5/c1-12-17(14-6-4-3-5-7-14)19-23-22-18(13(2)25(19)24-12)21-16-10-8-15(20)9-11-16/h3-11,21H,1-2H3. The summed E-state index contributed by atoms with van der Waals surface area (Å²) in [5, 5.41) is 16.8. The molecule has 4 rings (SSSR count). The fraction of sp³-hybridized carbons (Fsp3) is 0.105. The van der Waals surface area contributed by atoms with Crippen LogP contribution in [-0.2, 0) is 0 Å². The third-order valence-electron chi connectivity index (χ3n) is 4.11. The number of rotatable bonds is 3. The number of nitrogens with zero attached hydrogens (tertiary/aromatic N) is 4. The van der Waals surface area contributed by atoms with Crippen molar-refractivity contribution in [3.8, 4) is 11.1 Å². The van der Waals surface area contributed by atoms with Gasteiger partial charge in [0.15, 0.2) is 11.5 Å². The average molecular weight is 394 g/mol. The predicted octanol–water partition coefficient (Wildman–Crippen LogP) is 4.91. The summed E-state index contributed by atoms with van der Waals surface area (Å²) in [6.45, 7) is 3.99. The van der Waals surface area contributed by atoms with E-state index in [0.717, 1.165) is 38.3 Å². The monoisotopic (exact) mass is 393 g/mol. The first kappa shape index (κ1) is 15.8. The van der Waals surface area contributed by atoms with Crippen molar-refractivity contribution in [2.75, 3.05) is 5.32 Å². The highest BCUT2D eigenvalue weighted by Gasteiger charge is 2.16. The van der Waals surface area contributed by atoms with Crippen LogP contribution in [0.5, 0.6) is 0 Å². The molecule has 2 heterocycles. The molecule has 25 heavy (non-hydrogen) atoms. The highest BCUT2D eigenvalue weighted by atomic mass is 79.9. The van der Waals surface area contributed by atoms with Gasteiger partial charge in [-0.2, -0.15) is 5.10 Å². The van der Waals surface area contributed by atoms with Gasteiger partial charge in [-0.3, -0.25) is 0 Å². The van der Waals surface area contributed by atoms with Gasteiger partial charge in [-0.25, -0.2) is 4.52 Å². The van der Waals surface area contributed by atoms with Crippen LogP contribution in [0.2, 0.25) is 0 Å². The third-order valence-corrected chi connectivity index (χ3v) is 4.64. The van der Waals surface area contributed by atoms with Crippen LogP contribution in [0.4, 0.5) is 11.5 Å². The topological polar surface area (TPSA) is 55.1 Å². The molecule has 0 radical (unpaired) electrons. The van der Waals surface area contributed by atoms with E-state index in [9.17, 15) is 0 Å². The number of aromatic nitrogens is 4. The summed E-state index contributed by atoms with van der Waals surface area (Å²) in [6.07, 6.45) is 0. The molecule has 0 aliphatic carbocycles. The fourth-order valence-corrected chi connectivity index (χ4v) is 3.10. The molecular formula is C19H16BrN5. The van der Waals surface area contributed by atoms with Crippen molar-refractivity contribution in [3.05, 3.63) is 70.5 Å². The molecule has 0 saturated heterocycles. The van der Waals surface area contributed by atoms with Crippen LogP contribution in [0, 0.1) is 13.8 Å². The van der Waals surface area contributed by atoms with Crippen LogP contribution in [0.15, 0.2) is 59.1 Å². The molecule has 1 N–H and O–H groups in total. The number of benzene rings is 2. The molecule has 0 saturated carbocycles. The van der Waals surface area contributed by atoms with Crippen LogP contribution >= 0.6 is 15.9 Å². The fourth-order valence-electron chi connectivity index (χ4n) is 2.84. The molecule has 4 aromatic rings. The normalized spacial score (nSPS) is 11.0. The van der Waals surface area contributed by atoms with Crippen LogP contribution < -0.4 is 5.32 Å². The van der Waals surface area contributed by atoms with Gasteiger partial charge in [-0.15, -0.1) is 10.2 Å². The Labute approximate surface area is 153 Å². The largest absolute Gasteiger partial charge is 0.337 e. The minimum Gasteiger partial charge on any atom is -0.337 e. The van der Waals surface area contributed by atoms with E-state index in [-0.39, 0.29) is 0 Å². The first-order chi connectivity index (χ1) is 12.1. The van der Waals surface area contributed by atoms with Crippen molar-refractivity contribution < 1.29 is 0 Å². The van der Waals surface area contributed by atoms with Gasteiger partial charge in [-0.1, -0.05) is 46.3 Å². The zero-order chi connectivity index (χ0) is 17.4. The van der Waals surface area contributed by atoms with E-state index in [0.29, 0.717) is 5.82 Å². The lowest BCUT2D eigenvalue weighted by atomic mass is 10.1. The summed E-state index contributed by atoms with van der Waals surface area (Å²) < 4.78 is 2.89. The van der Waals surface area contributed by atoms with Crippen molar-refractivity contribution in [1.82, 2.24) is 19.8 Å². The van der Waals surface area contributed by atoms with E-state index < -0.39 is 0 Å². The first-order valence-corrected chi connectivity index (χ1v) is 8.73. The predicted molar refractivity (Wildman–Crippen MR) is 103 cm³/mol. The zero-order valence-corrected chi connectivity index (χ0v) is 15.4. The van der Waals surface area contributed by atoms with Gasteiger partial charge in [0.2, 0.25) is 0 Å². The number of anilines is 2. The lowest BCUT2D eigenvalue weighted by molar-refractivity contribution is 0.844. The van der Waals surface area contributed by atoms with Crippen molar-refractivity contribution in [1.29, 1.82) is 0 Å². The second-order valence-corrected chi connectivity index (χ2v) is 6.74. The van der Waals surface area contributed by atoms with Gasteiger partial charge in [0.25, 0.3) is 0 Å². The van der Waals surface area contributed by atoms with Crippen molar-refractivity contribution >= 4 is 33.1 Å². The Morgan fingerprint density at radius 3 is 2.36 bits per heavy atom. The number of aryl methyl sites for hydroxylation is 2. The average Bonchev–Trinajstić information content (AvgIpc) is 2.97. The lowest BCUT2D eigenvalue weighted by Gasteiger charge is -2.09. The molecule has 0 atom stereocenters. The van der Waals surface area contributed by atoms with Gasteiger partial charge in [0, 0.05) is 10.2 Å². The summed E-state index contributed by atoms with van der Waals surface area (Å²) >= 11 is 3.44. The van der Waals surface area contributed by atoms with E-state index in [1.807, 2.05) is 60.8 Å². The number of fused-ring (bicyclic) bond motifs is 1. The van der Waals surface area contributed by atoms with Crippen molar-refractivity contribution in [3.63, 3.8) is 0 Å². The zero-order valence-electron chi connectivity index (χ0n) is 13.9. The summed E-state index contributed by atoms with van der Waals surface area (Å²) in [5.41, 5.74) is 5.68. The first-order valence-electron chi connectivity index (χ1n) is 7.94. The molecule has 0 spiro atoms. The highest BCUT2D eigenvalue weighted by Crippen LogP contribution is 2.28. The highest BCUT2D eigenvalue weighted by molar-refractivity contribution is 9.10. The lowest BCUT2D eigenvalue weighted by Crippen LogP contribution is -2.05. The van der Waals surface area contributed by atoms with Crippen molar-refractivity contribution in [2.24, 2.45) is 0 Å².